The van der Waals surface area contributed by atoms with E-state index in [4.69, 9.17) is 0 Å². The van der Waals surface area contributed by atoms with Gasteiger partial charge in [-0.15, -0.1) is 0 Å². The Morgan fingerprint density at radius 1 is 1.55 bits per heavy atom. The molecule has 2 heterocycles. The van der Waals surface area contributed by atoms with Crippen LogP contribution in [-0.4, -0.2) is 22.1 Å². The summed E-state index contributed by atoms with van der Waals surface area (Å²) in [4.78, 5) is 17.7. The van der Waals surface area contributed by atoms with E-state index in [1.807, 2.05) is 13.0 Å². The molecule has 104 valence electrons. The standard InChI is InChI=1S/C15H16N2O2S/c1-10-6-14(13(7-16-10)15(18)19)17(12-2-3-12)8-11-4-5-20-9-11/h4-7,9,12H,2-3,8H2,1H3,(H,18,19). The minimum Gasteiger partial charge on any atom is -0.478 e. The van der Waals surface area contributed by atoms with Crippen LogP contribution in [-0.2, 0) is 6.54 Å². The number of anilines is 1. The zero-order chi connectivity index (χ0) is 14.1. The molecule has 1 fully saturated rings. The Morgan fingerprint density at radius 2 is 2.35 bits per heavy atom. The van der Waals surface area contributed by atoms with Gasteiger partial charge >= 0.3 is 5.97 Å². The third-order valence-corrected chi connectivity index (χ3v) is 4.21. The average molecular weight is 288 g/mol. The second kappa shape index (κ2) is 5.25. The molecule has 0 bridgehead atoms. The highest BCUT2D eigenvalue weighted by Gasteiger charge is 2.31. The molecule has 0 amide bonds. The van der Waals surface area contributed by atoms with E-state index in [0.717, 1.165) is 30.8 Å². The maximum atomic E-state index is 11.4. The van der Waals surface area contributed by atoms with Crippen molar-refractivity contribution in [2.75, 3.05) is 4.90 Å². The summed E-state index contributed by atoms with van der Waals surface area (Å²) in [5.74, 6) is -0.913. The van der Waals surface area contributed by atoms with Crippen LogP contribution in [0.2, 0.25) is 0 Å². The van der Waals surface area contributed by atoms with E-state index >= 15 is 0 Å². The van der Waals surface area contributed by atoms with Gasteiger partial charge in [0.1, 0.15) is 5.56 Å². The predicted octanol–water partition coefficient (Wildman–Crippen LogP) is 3.32. The monoisotopic (exact) mass is 288 g/mol. The molecule has 3 rings (SSSR count). The number of aryl methyl sites for hydroxylation is 1. The van der Waals surface area contributed by atoms with Gasteiger partial charge in [0, 0.05) is 24.5 Å². The van der Waals surface area contributed by atoms with E-state index in [2.05, 4.69) is 26.7 Å². The molecule has 0 aromatic carbocycles. The van der Waals surface area contributed by atoms with Crippen molar-refractivity contribution >= 4 is 23.0 Å². The number of hydrogen-bond acceptors (Lipinski definition) is 4. The van der Waals surface area contributed by atoms with Crippen LogP contribution in [0.3, 0.4) is 0 Å². The normalized spacial score (nSPS) is 14.2. The number of thiophene rings is 1. The Hall–Kier alpha value is -1.88. The van der Waals surface area contributed by atoms with Crippen molar-refractivity contribution < 1.29 is 9.90 Å². The van der Waals surface area contributed by atoms with E-state index in [0.29, 0.717) is 6.04 Å². The summed E-state index contributed by atoms with van der Waals surface area (Å²) in [5.41, 5.74) is 3.16. The Kier molecular flexibility index (Phi) is 3.44. The van der Waals surface area contributed by atoms with Crippen molar-refractivity contribution in [3.05, 3.63) is 45.9 Å². The number of carboxylic acids is 1. The van der Waals surface area contributed by atoms with Gasteiger partial charge in [0.05, 0.1) is 5.69 Å². The maximum absolute atomic E-state index is 11.4. The van der Waals surface area contributed by atoms with Crippen LogP contribution < -0.4 is 4.90 Å². The van der Waals surface area contributed by atoms with Crippen molar-refractivity contribution in [1.82, 2.24) is 4.98 Å². The summed E-state index contributed by atoms with van der Waals surface area (Å²) in [6.45, 7) is 2.66. The third kappa shape index (κ3) is 2.67. The number of carbonyl (C=O) groups is 1. The lowest BCUT2D eigenvalue weighted by Gasteiger charge is -2.26. The van der Waals surface area contributed by atoms with E-state index in [1.165, 1.54) is 11.8 Å². The van der Waals surface area contributed by atoms with Crippen molar-refractivity contribution in [3.63, 3.8) is 0 Å². The molecule has 20 heavy (non-hydrogen) atoms. The van der Waals surface area contributed by atoms with Crippen molar-refractivity contribution in [2.45, 2.75) is 32.4 Å². The molecular weight excluding hydrogens is 272 g/mol. The summed E-state index contributed by atoms with van der Waals surface area (Å²) in [6, 6.07) is 4.43. The molecule has 2 aromatic rings. The minimum absolute atomic E-state index is 0.290. The van der Waals surface area contributed by atoms with Crippen molar-refractivity contribution in [1.29, 1.82) is 0 Å². The van der Waals surface area contributed by atoms with Crippen LogP contribution in [0.25, 0.3) is 0 Å². The topological polar surface area (TPSA) is 53.4 Å². The predicted molar refractivity (Wildman–Crippen MR) is 79.5 cm³/mol. The maximum Gasteiger partial charge on any atom is 0.339 e. The van der Waals surface area contributed by atoms with Gasteiger partial charge in [-0.2, -0.15) is 11.3 Å². The molecule has 0 spiro atoms. The van der Waals surface area contributed by atoms with Gasteiger partial charge in [0.2, 0.25) is 0 Å². The second-order valence-corrected chi connectivity index (χ2v) is 5.92. The fraction of sp³-hybridized carbons (Fsp3) is 0.333. The fourth-order valence-electron chi connectivity index (χ4n) is 2.32. The molecule has 0 unspecified atom stereocenters. The van der Waals surface area contributed by atoms with E-state index in [-0.39, 0.29) is 5.56 Å². The zero-order valence-corrected chi connectivity index (χ0v) is 12.1. The molecule has 0 aliphatic heterocycles. The van der Waals surface area contributed by atoms with E-state index < -0.39 is 5.97 Å². The highest BCUT2D eigenvalue weighted by atomic mass is 32.1. The summed E-state index contributed by atoms with van der Waals surface area (Å²) >= 11 is 1.67. The number of nitrogens with zero attached hydrogens (tertiary/aromatic N) is 2. The Balaban J connectivity index is 1.98. The molecule has 0 radical (unpaired) electrons. The number of aromatic nitrogens is 1. The molecule has 0 atom stereocenters. The van der Waals surface area contributed by atoms with Crippen LogP contribution in [0.5, 0.6) is 0 Å². The zero-order valence-electron chi connectivity index (χ0n) is 11.2. The fourth-order valence-corrected chi connectivity index (χ4v) is 2.98. The van der Waals surface area contributed by atoms with Gasteiger partial charge in [-0.25, -0.2) is 4.79 Å². The molecule has 1 N–H and O–H groups in total. The number of aromatic carboxylic acids is 1. The van der Waals surface area contributed by atoms with Gasteiger partial charge in [0.25, 0.3) is 0 Å². The lowest BCUT2D eigenvalue weighted by molar-refractivity contribution is 0.0697. The summed E-state index contributed by atoms with van der Waals surface area (Å²) < 4.78 is 0. The van der Waals surface area contributed by atoms with Crippen LogP contribution >= 0.6 is 11.3 Å². The first-order valence-electron chi connectivity index (χ1n) is 6.63. The number of hydrogen-bond donors (Lipinski definition) is 1. The number of pyridine rings is 1. The Bertz CT molecular complexity index is 621. The van der Waals surface area contributed by atoms with Crippen LogP contribution in [0.4, 0.5) is 5.69 Å². The molecular formula is C15H16N2O2S. The lowest BCUT2D eigenvalue weighted by atomic mass is 10.1. The van der Waals surface area contributed by atoms with Gasteiger partial charge in [-0.3, -0.25) is 4.98 Å². The van der Waals surface area contributed by atoms with E-state index in [1.54, 1.807) is 11.3 Å². The molecule has 4 nitrogen and oxygen atoms in total. The highest BCUT2D eigenvalue weighted by Crippen LogP contribution is 2.35. The van der Waals surface area contributed by atoms with E-state index in [9.17, 15) is 9.90 Å². The van der Waals surface area contributed by atoms with Gasteiger partial charge in [-0.05, 0) is 48.2 Å². The van der Waals surface area contributed by atoms with Gasteiger partial charge in [-0.1, -0.05) is 0 Å². The average Bonchev–Trinajstić information content (AvgIpc) is 3.12. The SMILES string of the molecule is Cc1cc(N(Cc2ccsc2)C2CC2)c(C(=O)O)cn1. The second-order valence-electron chi connectivity index (χ2n) is 5.14. The van der Waals surface area contributed by atoms with Crippen LogP contribution in [0.15, 0.2) is 29.1 Å². The summed E-state index contributed by atoms with van der Waals surface area (Å²) in [7, 11) is 0. The van der Waals surface area contributed by atoms with Gasteiger partial charge in [0.15, 0.2) is 0 Å². The number of rotatable bonds is 5. The molecule has 1 aliphatic rings. The van der Waals surface area contributed by atoms with Crippen molar-refractivity contribution in [3.8, 4) is 0 Å². The largest absolute Gasteiger partial charge is 0.478 e. The molecule has 1 aliphatic carbocycles. The highest BCUT2D eigenvalue weighted by molar-refractivity contribution is 7.07. The lowest BCUT2D eigenvalue weighted by Crippen LogP contribution is -2.27. The minimum atomic E-state index is -0.913. The first kappa shape index (κ1) is 13.1. The Morgan fingerprint density at radius 3 is 2.95 bits per heavy atom. The molecule has 1 saturated carbocycles. The van der Waals surface area contributed by atoms with Crippen LogP contribution in [0, 0.1) is 6.92 Å². The molecule has 2 aromatic heterocycles. The quantitative estimate of drug-likeness (QED) is 0.917. The Labute approximate surface area is 121 Å². The first-order chi connectivity index (χ1) is 9.65. The third-order valence-electron chi connectivity index (χ3n) is 3.48. The molecule has 0 saturated heterocycles. The van der Waals surface area contributed by atoms with Crippen LogP contribution in [0.1, 0.15) is 34.5 Å². The first-order valence-corrected chi connectivity index (χ1v) is 7.57. The van der Waals surface area contributed by atoms with Gasteiger partial charge < -0.3 is 10.0 Å². The van der Waals surface area contributed by atoms with Crippen molar-refractivity contribution in [2.24, 2.45) is 0 Å². The smallest absolute Gasteiger partial charge is 0.339 e. The summed E-state index contributed by atoms with van der Waals surface area (Å²) in [5, 5.41) is 13.5. The molecule has 5 heteroatoms. The summed E-state index contributed by atoms with van der Waals surface area (Å²) in [6.07, 6.45) is 3.73. The number of carboxylic acid groups (broad SMARTS) is 1.